The first-order valence-electron chi connectivity index (χ1n) is 8.11. The van der Waals surface area contributed by atoms with Crippen molar-refractivity contribution in [3.63, 3.8) is 0 Å². The van der Waals surface area contributed by atoms with Crippen molar-refractivity contribution in [2.75, 3.05) is 13.2 Å². The Hall–Kier alpha value is -1.60. The second-order valence-electron chi connectivity index (χ2n) is 6.35. The second-order valence-corrected chi connectivity index (χ2v) is 6.35. The molecule has 0 saturated carbocycles. The molecule has 3 unspecified atom stereocenters. The standard InChI is InChI=1S/C17H30O7/c1-11(2)6-14(5)22-9-15(24-17(21)8-13(4)19)10-23-16(20)7-12(3)18/h11-13,15,18-19H,5-10H2,1-4H3. The topological polar surface area (TPSA) is 102 Å². The monoisotopic (exact) mass is 346 g/mol. The Morgan fingerprint density at radius 1 is 0.875 bits per heavy atom. The molecule has 2 N–H and O–H groups in total. The van der Waals surface area contributed by atoms with E-state index in [0.29, 0.717) is 18.1 Å². The lowest BCUT2D eigenvalue weighted by atomic mass is 10.1. The van der Waals surface area contributed by atoms with Gasteiger partial charge in [0.05, 0.1) is 30.8 Å². The number of aliphatic hydroxyl groups is 2. The molecule has 0 spiro atoms. The zero-order valence-electron chi connectivity index (χ0n) is 15.0. The van der Waals surface area contributed by atoms with E-state index in [1.165, 1.54) is 13.8 Å². The summed E-state index contributed by atoms with van der Waals surface area (Å²) in [5, 5.41) is 18.4. The van der Waals surface area contributed by atoms with E-state index < -0.39 is 30.3 Å². The fourth-order valence-electron chi connectivity index (χ4n) is 1.80. The molecule has 0 bridgehead atoms. The van der Waals surface area contributed by atoms with Crippen molar-refractivity contribution in [3.05, 3.63) is 12.3 Å². The number of rotatable bonds is 12. The van der Waals surface area contributed by atoms with Crippen LogP contribution in [-0.2, 0) is 23.8 Å². The first-order valence-corrected chi connectivity index (χ1v) is 8.11. The van der Waals surface area contributed by atoms with Crippen LogP contribution in [0.2, 0.25) is 0 Å². The van der Waals surface area contributed by atoms with Gasteiger partial charge in [0.1, 0.15) is 13.2 Å². The third-order valence-electron chi connectivity index (χ3n) is 2.76. The molecule has 7 nitrogen and oxygen atoms in total. The second kappa shape index (κ2) is 11.9. The molecule has 3 atom stereocenters. The predicted molar refractivity (Wildman–Crippen MR) is 88.0 cm³/mol. The van der Waals surface area contributed by atoms with E-state index in [-0.39, 0.29) is 26.1 Å². The van der Waals surface area contributed by atoms with E-state index in [1.54, 1.807) is 0 Å². The van der Waals surface area contributed by atoms with E-state index in [1.807, 2.05) is 13.8 Å². The summed E-state index contributed by atoms with van der Waals surface area (Å²) in [7, 11) is 0. The van der Waals surface area contributed by atoms with E-state index in [4.69, 9.17) is 19.3 Å². The van der Waals surface area contributed by atoms with E-state index >= 15 is 0 Å². The molecule has 0 aromatic heterocycles. The highest BCUT2D eigenvalue weighted by Crippen LogP contribution is 2.11. The van der Waals surface area contributed by atoms with Crippen LogP contribution >= 0.6 is 0 Å². The molecule has 0 aromatic rings. The minimum Gasteiger partial charge on any atom is -0.495 e. The Labute approximate surface area is 143 Å². The Bertz CT molecular complexity index is 376. The summed E-state index contributed by atoms with van der Waals surface area (Å²) in [6.07, 6.45) is -2.09. The molecular formula is C17H30O7. The summed E-state index contributed by atoms with van der Waals surface area (Å²) in [5.74, 6) is -0.281. The number of ether oxygens (including phenoxy) is 3. The van der Waals surface area contributed by atoms with Crippen molar-refractivity contribution >= 4 is 11.9 Å². The molecule has 0 heterocycles. The molecule has 7 heteroatoms. The van der Waals surface area contributed by atoms with Crippen molar-refractivity contribution in [2.45, 2.75) is 65.3 Å². The van der Waals surface area contributed by atoms with Crippen LogP contribution in [0.4, 0.5) is 0 Å². The van der Waals surface area contributed by atoms with Gasteiger partial charge in [-0.3, -0.25) is 9.59 Å². The van der Waals surface area contributed by atoms with Gasteiger partial charge < -0.3 is 24.4 Å². The van der Waals surface area contributed by atoms with Gasteiger partial charge in [-0.05, 0) is 19.8 Å². The molecule has 0 aromatic carbocycles. The SMILES string of the molecule is C=C(CC(C)C)OCC(COC(=O)CC(C)O)OC(=O)CC(C)O. The molecule has 0 aliphatic carbocycles. The van der Waals surface area contributed by atoms with Crippen molar-refractivity contribution in [1.82, 2.24) is 0 Å². The molecule has 0 fully saturated rings. The fraction of sp³-hybridized carbons (Fsp3) is 0.765. The summed E-state index contributed by atoms with van der Waals surface area (Å²) in [6.45, 7) is 10.6. The van der Waals surface area contributed by atoms with Gasteiger partial charge in [-0.15, -0.1) is 0 Å². The first-order chi connectivity index (χ1) is 11.1. The zero-order valence-corrected chi connectivity index (χ0v) is 15.0. The van der Waals surface area contributed by atoms with Crippen LogP contribution in [0.25, 0.3) is 0 Å². The van der Waals surface area contributed by atoms with Crippen LogP contribution in [-0.4, -0.2) is 53.7 Å². The predicted octanol–water partition coefficient (Wildman–Crippen LogP) is 1.56. The highest BCUT2D eigenvalue weighted by Gasteiger charge is 2.20. The van der Waals surface area contributed by atoms with Crippen molar-refractivity contribution < 1.29 is 34.0 Å². The average molecular weight is 346 g/mol. The van der Waals surface area contributed by atoms with E-state index in [0.717, 1.165) is 0 Å². The number of carbonyl (C=O) groups is 2. The highest BCUT2D eigenvalue weighted by atomic mass is 16.6. The summed E-state index contributed by atoms with van der Waals surface area (Å²) >= 11 is 0. The summed E-state index contributed by atoms with van der Waals surface area (Å²) < 4.78 is 15.6. The van der Waals surface area contributed by atoms with E-state index in [2.05, 4.69) is 6.58 Å². The van der Waals surface area contributed by atoms with Gasteiger partial charge in [0.15, 0.2) is 6.10 Å². The fourth-order valence-corrected chi connectivity index (χ4v) is 1.80. The number of carbonyl (C=O) groups excluding carboxylic acids is 2. The first kappa shape index (κ1) is 22.4. The smallest absolute Gasteiger partial charge is 0.308 e. The zero-order chi connectivity index (χ0) is 18.7. The molecule has 0 rings (SSSR count). The third kappa shape index (κ3) is 12.9. The van der Waals surface area contributed by atoms with Gasteiger partial charge in [-0.25, -0.2) is 0 Å². The molecule has 24 heavy (non-hydrogen) atoms. The van der Waals surface area contributed by atoms with Gasteiger partial charge in [0.2, 0.25) is 0 Å². The quantitative estimate of drug-likeness (QED) is 0.408. The van der Waals surface area contributed by atoms with Gasteiger partial charge in [-0.1, -0.05) is 20.4 Å². The maximum Gasteiger partial charge on any atom is 0.308 e. The Kier molecular flexibility index (Phi) is 11.1. The Morgan fingerprint density at radius 3 is 1.88 bits per heavy atom. The van der Waals surface area contributed by atoms with Gasteiger partial charge in [0.25, 0.3) is 0 Å². The lowest BCUT2D eigenvalue weighted by molar-refractivity contribution is -0.164. The van der Waals surface area contributed by atoms with Crippen molar-refractivity contribution in [3.8, 4) is 0 Å². The van der Waals surface area contributed by atoms with E-state index in [9.17, 15) is 14.7 Å². The van der Waals surface area contributed by atoms with Crippen LogP contribution in [0.3, 0.4) is 0 Å². The normalized spacial score (nSPS) is 14.6. The van der Waals surface area contributed by atoms with Gasteiger partial charge >= 0.3 is 11.9 Å². The lowest BCUT2D eigenvalue weighted by Crippen LogP contribution is -2.31. The maximum absolute atomic E-state index is 11.7. The summed E-state index contributed by atoms with van der Waals surface area (Å²) in [5.41, 5.74) is 0. The highest BCUT2D eigenvalue weighted by molar-refractivity contribution is 5.71. The number of esters is 2. The van der Waals surface area contributed by atoms with Crippen LogP contribution in [0, 0.1) is 5.92 Å². The van der Waals surface area contributed by atoms with Crippen LogP contribution in [0.1, 0.15) is 47.0 Å². The van der Waals surface area contributed by atoms with Crippen LogP contribution in [0.5, 0.6) is 0 Å². The largest absolute Gasteiger partial charge is 0.495 e. The molecule has 0 amide bonds. The van der Waals surface area contributed by atoms with Crippen molar-refractivity contribution in [1.29, 1.82) is 0 Å². The average Bonchev–Trinajstić information content (AvgIpc) is 2.39. The lowest BCUT2D eigenvalue weighted by Gasteiger charge is -2.20. The number of aliphatic hydroxyl groups excluding tert-OH is 2. The minimum atomic E-state index is -0.826. The number of allylic oxidation sites excluding steroid dienone is 1. The molecule has 0 aliphatic heterocycles. The molecule has 0 aliphatic rings. The molecule has 0 radical (unpaired) electrons. The Balaban J connectivity index is 4.50. The van der Waals surface area contributed by atoms with Crippen molar-refractivity contribution in [2.24, 2.45) is 5.92 Å². The molecule has 140 valence electrons. The number of hydrogen-bond acceptors (Lipinski definition) is 7. The van der Waals surface area contributed by atoms with Gasteiger partial charge in [0, 0.05) is 6.42 Å². The minimum absolute atomic E-state index is 0.000931. The molecular weight excluding hydrogens is 316 g/mol. The van der Waals surface area contributed by atoms with Crippen LogP contribution < -0.4 is 0 Å². The molecule has 0 saturated heterocycles. The van der Waals surface area contributed by atoms with Crippen LogP contribution in [0.15, 0.2) is 12.3 Å². The summed E-state index contributed by atoms with van der Waals surface area (Å²) in [4.78, 5) is 23.2. The Morgan fingerprint density at radius 2 is 1.38 bits per heavy atom. The maximum atomic E-state index is 11.7. The summed E-state index contributed by atoms with van der Waals surface area (Å²) in [6, 6.07) is 0. The third-order valence-corrected chi connectivity index (χ3v) is 2.76. The number of hydrogen-bond donors (Lipinski definition) is 2. The van der Waals surface area contributed by atoms with Gasteiger partial charge in [-0.2, -0.15) is 0 Å².